The smallest absolute Gasteiger partial charge is 0.231 e. The van der Waals surface area contributed by atoms with Crippen LogP contribution in [0.4, 0.5) is 10.2 Å². The van der Waals surface area contributed by atoms with Crippen LogP contribution < -0.4 is 4.90 Å². The van der Waals surface area contributed by atoms with E-state index in [-0.39, 0.29) is 6.10 Å². The average Bonchev–Trinajstić information content (AvgIpc) is 3.13. The van der Waals surface area contributed by atoms with Gasteiger partial charge in [0.2, 0.25) is 5.95 Å². The molecule has 0 radical (unpaired) electrons. The lowest BCUT2D eigenvalue weighted by atomic mass is 10.1. The third kappa shape index (κ3) is 2.39. The zero-order valence-electron chi connectivity index (χ0n) is 9.84. The van der Waals surface area contributed by atoms with E-state index in [9.17, 15) is 4.39 Å². The van der Waals surface area contributed by atoms with Crippen LogP contribution in [0.5, 0.6) is 0 Å². The molecule has 5 heteroatoms. The molecule has 1 saturated heterocycles. The lowest BCUT2D eigenvalue weighted by Crippen LogP contribution is -2.47. The first-order valence-corrected chi connectivity index (χ1v) is 6.10. The minimum absolute atomic E-state index is 0.196. The molecule has 1 aromatic rings. The summed E-state index contributed by atoms with van der Waals surface area (Å²) in [6.07, 6.45) is 5.69. The molecule has 0 spiro atoms. The Labute approximate surface area is 99.8 Å². The van der Waals surface area contributed by atoms with E-state index in [2.05, 4.69) is 21.8 Å². The van der Waals surface area contributed by atoms with Crippen LogP contribution in [0.25, 0.3) is 0 Å². The number of morpholine rings is 1. The highest BCUT2D eigenvalue weighted by Crippen LogP contribution is 2.37. The summed E-state index contributed by atoms with van der Waals surface area (Å²) in [7, 11) is 0. The summed E-state index contributed by atoms with van der Waals surface area (Å²) in [6.45, 7) is 3.71. The Morgan fingerprint density at radius 1 is 1.29 bits per heavy atom. The minimum Gasteiger partial charge on any atom is -0.371 e. The number of rotatable bonds is 2. The van der Waals surface area contributed by atoms with Crippen molar-refractivity contribution in [2.24, 2.45) is 5.92 Å². The van der Waals surface area contributed by atoms with Gasteiger partial charge in [-0.25, -0.2) is 9.97 Å². The molecule has 0 N–H and O–H groups in total. The van der Waals surface area contributed by atoms with E-state index in [0.717, 1.165) is 18.9 Å². The third-order valence-corrected chi connectivity index (χ3v) is 3.36. The zero-order chi connectivity index (χ0) is 11.8. The van der Waals surface area contributed by atoms with E-state index in [4.69, 9.17) is 4.74 Å². The van der Waals surface area contributed by atoms with E-state index in [1.165, 1.54) is 25.2 Å². The minimum atomic E-state index is -0.534. The molecule has 0 bridgehead atoms. The van der Waals surface area contributed by atoms with E-state index in [0.29, 0.717) is 12.0 Å². The van der Waals surface area contributed by atoms with Crippen molar-refractivity contribution >= 4 is 5.82 Å². The van der Waals surface area contributed by atoms with E-state index in [1.54, 1.807) is 0 Å². The molecule has 1 aromatic heterocycles. The number of hydrogen-bond acceptors (Lipinski definition) is 4. The van der Waals surface area contributed by atoms with Crippen molar-refractivity contribution in [3.63, 3.8) is 0 Å². The quantitative estimate of drug-likeness (QED) is 0.783. The SMILES string of the molecule is C[C@H]1CN(c2cnc(F)cn2)C[C@@H](C2CC2)O1. The summed E-state index contributed by atoms with van der Waals surface area (Å²) in [4.78, 5) is 9.88. The monoisotopic (exact) mass is 237 g/mol. The van der Waals surface area contributed by atoms with Crippen molar-refractivity contribution < 1.29 is 9.13 Å². The molecule has 2 aliphatic rings. The van der Waals surface area contributed by atoms with Crippen LogP contribution in [-0.2, 0) is 4.74 Å². The first-order valence-electron chi connectivity index (χ1n) is 6.10. The zero-order valence-corrected chi connectivity index (χ0v) is 9.84. The second kappa shape index (κ2) is 4.22. The van der Waals surface area contributed by atoms with Crippen molar-refractivity contribution in [3.8, 4) is 0 Å². The van der Waals surface area contributed by atoms with E-state index >= 15 is 0 Å². The van der Waals surface area contributed by atoms with Gasteiger partial charge in [-0.2, -0.15) is 4.39 Å². The van der Waals surface area contributed by atoms with Gasteiger partial charge >= 0.3 is 0 Å². The topological polar surface area (TPSA) is 38.2 Å². The molecule has 92 valence electrons. The van der Waals surface area contributed by atoms with Crippen molar-refractivity contribution in [1.29, 1.82) is 0 Å². The fraction of sp³-hybridized carbons (Fsp3) is 0.667. The van der Waals surface area contributed by atoms with Gasteiger partial charge in [-0.1, -0.05) is 0 Å². The first kappa shape index (κ1) is 10.9. The van der Waals surface area contributed by atoms with Crippen LogP contribution in [0, 0.1) is 11.9 Å². The molecule has 4 nitrogen and oxygen atoms in total. The normalized spacial score (nSPS) is 29.4. The predicted octanol–water partition coefficient (Wildman–Crippen LogP) is 1.62. The lowest BCUT2D eigenvalue weighted by molar-refractivity contribution is -0.0273. The maximum Gasteiger partial charge on any atom is 0.231 e. The summed E-state index contributed by atoms with van der Waals surface area (Å²) in [5.74, 6) is 0.912. The maximum absolute atomic E-state index is 12.7. The number of anilines is 1. The number of halogens is 1. The second-order valence-electron chi connectivity index (χ2n) is 4.92. The Balaban J connectivity index is 1.75. The van der Waals surface area contributed by atoms with Gasteiger partial charge in [-0.3, -0.25) is 0 Å². The van der Waals surface area contributed by atoms with Gasteiger partial charge < -0.3 is 9.64 Å². The molecule has 1 saturated carbocycles. The molecule has 0 unspecified atom stereocenters. The van der Waals surface area contributed by atoms with Crippen LogP contribution in [0.3, 0.4) is 0 Å². The Morgan fingerprint density at radius 3 is 2.76 bits per heavy atom. The van der Waals surface area contributed by atoms with Gasteiger partial charge in [0, 0.05) is 13.1 Å². The van der Waals surface area contributed by atoms with Gasteiger partial charge in [0.15, 0.2) is 0 Å². The lowest BCUT2D eigenvalue weighted by Gasteiger charge is -2.37. The molecule has 1 aliphatic heterocycles. The van der Waals surface area contributed by atoms with Gasteiger partial charge in [0.25, 0.3) is 0 Å². The molecule has 3 rings (SSSR count). The number of nitrogens with zero attached hydrogens (tertiary/aromatic N) is 3. The standard InChI is InChI=1S/C12H16FN3O/c1-8-6-16(7-10(17-8)9-2-3-9)12-5-14-11(13)4-15-12/h4-5,8-10H,2-3,6-7H2,1H3/t8-,10-/m0/s1. The Kier molecular flexibility index (Phi) is 2.70. The molecule has 2 atom stereocenters. The average molecular weight is 237 g/mol. The molecule has 0 aromatic carbocycles. The van der Waals surface area contributed by atoms with Crippen LogP contribution in [0.2, 0.25) is 0 Å². The molecular weight excluding hydrogens is 221 g/mol. The van der Waals surface area contributed by atoms with Crippen molar-refractivity contribution in [1.82, 2.24) is 9.97 Å². The Morgan fingerprint density at radius 2 is 2.12 bits per heavy atom. The molecule has 0 amide bonds. The fourth-order valence-corrected chi connectivity index (χ4v) is 2.37. The molecule has 2 heterocycles. The van der Waals surface area contributed by atoms with Crippen molar-refractivity contribution in [2.45, 2.75) is 32.0 Å². The van der Waals surface area contributed by atoms with Gasteiger partial charge in [0.05, 0.1) is 24.6 Å². The number of hydrogen-bond donors (Lipinski definition) is 0. The van der Waals surface area contributed by atoms with Crippen LogP contribution >= 0.6 is 0 Å². The first-order chi connectivity index (χ1) is 8.22. The third-order valence-electron chi connectivity index (χ3n) is 3.36. The van der Waals surface area contributed by atoms with Crippen LogP contribution in [0.1, 0.15) is 19.8 Å². The van der Waals surface area contributed by atoms with Crippen LogP contribution in [0.15, 0.2) is 12.4 Å². The summed E-state index contributed by atoms with van der Waals surface area (Å²) < 4.78 is 18.7. The predicted molar refractivity (Wildman–Crippen MR) is 61.3 cm³/mol. The Bertz CT molecular complexity index is 393. The largest absolute Gasteiger partial charge is 0.371 e. The second-order valence-corrected chi connectivity index (χ2v) is 4.92. The van der Waals surface area contributed by atoms with Crippen molar-refractivity contribution in [3.05, 3.63) is 18.3 Å². The van der Waals surface area contributed by atoms with Gasteiger partial charge in [0.1, 0.15) is 5.82 Å². The van der Waals surface area contributed by atoms with E-state index in [1.807, 2.05) is 0 Å². The van der Waals surface area contributed by atoms with Crippen LogP contribution in [-0.4, -0.2) is 35.3 Å². The Hall–Kier alpha value is -1.23. The summed E-state index contributed by atoms with van der Waals surface area (Å²) in [6, 6.07) is 0. The fourth-order valence-electron chi connectivity index (χ4n) is 2.37. The highest BCUT2D eigenvalue weighted by atomic mass is 19.1. The number of ether oxygens (including phenoxy) is 1. The highest BCUT2D eigenvalue weighted by molar-refractivity contribution is 5.36. The molecular formula is C12H16FN3O. The summed E-state index contributed by atoms with van der Waals surface area (Å²) >= 11 is 0. The summed E-state index contributed by atoms with van der Waals surface area (Å²) in [5, 5.41) is 0. The molecule has 1 aliphatic carbocycles. The molecule has 17 heavy (non-hydrogen) atoms. The molecule has 2 fully saturated rings. The van der Waals surface area contributed by atoms with Gasteiger partial charge in [-0.05, 0) is 25.7 Å². The van der Waals surface area contributed by atoms with Crippen molar-refractivity contribution in [2.75, 3.05) is 18.0 Å². The number of aromatic nitrogens is 2. The summed E-state index contributed by atoms with van der Waals surface area (Å²) in [5.41, 5.74) is 0. The van der Waals surface area contributed by atoms with E-state index < -0.39 is 5.95 Å². The maximum atomic E-state index is 12.7. The highest BCUT2D eigenvalue weighted by Gasteiger charge is 2.37. The van der Waals surface area contributed by atoms with Gasteiger partial charge in [-0.15, -0.1) is 0 Å².